The number of piperazine rings is 1. The summed E-state index contributed by atoms with van der Waals surface area (Å²) in [6.45, 7) is 8.06. The van der Waals surface area contributed by atoms with Crippen LogP contribution in [0.1, 0.15) is 26.7 Å². The number of halogens is 1. The number of hydrogen-bond donors (Lipinski definition) is 1. The predicted molar refractivity (Wildman–Crippen MR) is 101 cm³/mol. The number of nitrogens with one attached hydrogen (secondary N) is 1. The monoisotopic (exact) mass is 410 g/mol. The summed E-state index contributed by atoms with van der Waals surface area (Å²) in [5, 5.41) is 3.27. The molecule has 1 amide bonds. The van der Waals surface area contributed by atoms with Crippen LogP contribution >= 0.6 is 12.4 Å². The third kappa shape index (κ3) is 4.88. The van der Waals surface area contributed by atoms with Gasteiger partial charge in [0.2, 0.25) is 5.91 Å². The van der Waals surface area contributed by atoms with Gasteiger partial charge in [0.15, 0.2) is 0 Å². The van der Waals surface area contributed by atoms with E-state index in [0.717, 1.165) is 25.9 Å². The Kier molecular flexibility index (Phi) is 7.70. The molecule has 0 spiro atoms. The molecule has 0 aromatic rings. The van der Waals surface area contributed by atoms with E-state index in [-0.39, 0.29) is 36.4 Å². The van der Waals surface area contributed by atoms with E-state index in [1.54, 1.807) is 0 Å². The van der Waals surface area contributed by atoms with Gasteiger partial charge in [0.1, 0.15) is 0 Å². The van der Waals surface area contributed by atoms with Crippen molar-refractivity contribution in [3.05, 3.63) is 0 Å². The van der Waals surface area contributed by atoms with Crippen LogP contribution in [-0.4, -0.2) is 92.4 Å². The van der Waals surface area contributed by atoms with Gasteiger partial charge in [0.05, 0.1) is 12.2 Å². The lowest BCUT2D eigenvalue weighted by atomic mass is 9.96. The second-order valence-electron chi connectivity index (χ2n) is 7.33. The van der Waals surface area contributed by atoms with Gasteiger partial charge in [-0.3, -0.25) is 4.79 Å². The summed E-state index contributed by atoms with van der Waals surface area (Å²) < 4.78 is 34.5. The smallest absolute Gasteiger partial charge is 0.282 e. The lowest BCUT2D eigenvalue weighted by Gasteiger charge is -2.41. The standard InChI is InChI=1S/C16H30N4O4S.ClH/c1-13-11-20(12-14(2)24-13)25(22,23)19-9-7-18(8-10-19)16(21)15-3-5-17-6-4-15;/h13-15,17H,3-12H2,1-2H3;1H. The number of hydrogen-bond acceptors (Lipinski definition) is 5. The molecule has 152 valence electrons. The fourth-order valence-electron chi connectivity index (χ4n) is 3.95. The molecule has 3 saturated heterocycles. The van der Waals surface area contributed by atoms with Crippen molar-refractivity contribution in [1.29, 1.82) is 0 Å². The van der Waals surface area contributed by atoms with Crippen molar-refractivity contribution in [2.75, 3.05) is 52.4 Å². The largest absolute Gasteiger partial charge is 0.373 e. The summed E-state index contributed by atoms with van der Waals surface area (Å²) in [4.78, 5) is 14.4. The lowest BCUT2D eigenvalue weighted by molar-refractivity contribution is -0.137. The first kappa shape index (κ1) is 21.8. The normalized spacial score (nSPS) is 30.0. The maximum Gasteiger partial charge on any atom is 0.282 e. The van der Waals surface area contributed by atoms with Crippen molar-refractivity contribution >= 4 is 28.5 Å². The van der Waals surface area contributed by atoms with Crippen LogP contribution < -0.4 is 5.32 Å². The summed E-state index contributed by atoms with van der Waals surface area (Å²) >= 11 is 0. The second-order valence-corrected chi connectivity index (χ2v) is 9.26. The highest BCUT2D eigenvalue weighted by atomic mass is 35.5. The highest BCUT2D eigenvalue weighted by molar-refractivity contribution is 7.86. The fourth-order valence-corrected chi connectivity index (χ4v) is 5.70. The van der Waals surface area contributed by atoms with Crippen LogP contribution in [0.25, 0.3) is 0 Å². The van der Waals surface area contributed by atoms with E-state index in [4.69, 9.17) is 4.74 Å². The van der Waals surface area contributed by atoms with E-state index >= 15 is 0 Å². The van der Waals surface area contributed by atoms with Crippen molar-refractivity contribution < 1.29 is 17.9 Å². The molecule has 3 aliphatic heterocycles. The molecule has 0 saturated carbocycles. The molecule has 3 heterocycles. The van der Waals surface area contributed by atoms with Crippen molar-refractivity contribution in [2.45, 2.75) is 38.9 Å². The molecule has 3 aliphatic rings. The zero-order valence-corrected chi connectivity index (χ0v) is 17.2. The Hall–Kier alpha value is -0.450. The van der Waals surface area contributed by atoms with Gasteiger partial charge in [-0.05, 0) is 39.8 Å². The van der Waals surface area contributed by atoms with Gasteiger partial charge in [-0.1, -0.05) is 0 Å². The van der Waals surface area contributed by atoms with Crippen molar-refractivity contribution in [1.82, 2.24) is 18.8 Å². The quantitative estimate of drug-likeness (QED) is 0.703. The molecular weight excluding hydrogens is 380 g/mol. The Morgan fingerprint density at radius 2 is 1.50 bits per heavy atom. The van der Waals surface area contributed by atoms with Crippen molar-refractivity contribution in [2.24, 2.45) is 5.92 Å². The number of morpholine rings is 1. The summed E-state index contributed by atoms with van der Waals surface area (Å²) in [5.41, 5.74) is 0. The number of nitrogens with zero attached hydrogens (tertiary/aromatic N) is 3. The molecule has 2 atom stereocenters. The molecular formula is C16H31ClN4O4S. The van der Waals surface area contributed by atoms with Crippen LogP contribution in [0.15, 0.2) is 0 Å². The van der Waals surface area contributed by atoms with Crippen LogP contribution in [0.2, 0.25) is 0 Å². The Bertz CT molecular complexity index is 567. The van der Waals surface area contributed by atoms with Crippen LogP contribution in [0, 0.1) is 5.92 Å². The van der Waals surface area contributed by atoms with E-state index in [0.29, 0.717) is 39.3 Å². The van der Waals surface area contributed by atoms with E-state index < -0.39 is 10.2 Å². The molecule has 3 rings (SSSR count). The van der Waals surface area contributed by atoms with Gasteiger partial charge >= 0.3 is 0 Å². The zero-order valence-electron chi connectivity index (χ0n) is 15.6. The molecule has 0 aromatic carbocycles. The topological polar surface area (TPSA) is 82.2 Å². The molecule has 0 radical (unpaired) electrons. The first-order valence-electron chi connectivity index (χ1n) is 9.28. The van der Waals surface area contributed by atoms with E-state index in [9.17, 15) is 13.2 Å². The summed E-state index contributed by atoms with van der Waals surface area (Å²) in [5.74, 6) is 0.275. The summed E-state index contributed by atoms with van der Waals surface area (Å²) in [7, 11) is -3.49. The average Bonchev–Trinajstić information content (AvgIpc) is 2.61. The van der Waals surface area contributed by atoms with Crippen LogP contribution in [0.3, 0.4) is 0 Å². The first-order valence-corrected chi connectivity index (χ1v) is 10.7. The maximum atomic E-state index is 12.9. The molecule has 1 N–H and O–H groups in total. The number of amides is 1. The minimum absolute atomic E-state index is 0. The molecule has 0 aromatic heterocycles. The van der Waals surface area contributed by atoms with E-state index in [1.165, 1.54) is 8.61 Å². The van der Waals surface area contributed by atoms with Gasteiger partial charge in [-0.25, -0.2) is 0 Å². The molecule has 2 unspecified atom stereocenters. The molecule has 26 heavy (non-hydrogen) atoms. The Balaban J connectivity index is 0.00000243. The Labute approximate surface area is 162 Å². The maximum absolute atomic E-state index is 12.9. The molecule has 8 nitrogen and oxygen atoms in total. The van der Waals surface area contributed by atoms with Crippen molar-refractivity contribution in [3.8, 4) is 0 Å². The number of rotatable bonds is 3. The molecule has 0 aliphatic carbocycles. The Morgan fingerprint density at radius 3 is 2.04 bits per heavy atom. The van der Waals surface area contributed by atoms with Gasteiger partial charge < -0.3 is 15.0 Å². The molecule has 3 fully saturated rings. The van der Waals surface area contributed by atoms with E-state index in [2.05, 4.69) is 5.32 Å². The Morgan fingerprint density at radius 1 is 0.962 bits per heavy atom. The third-order valence-corrected chi connectivity index (χ3v) is 7.25. The summed E-state index contributed by atoms with van der Waals surface area (Å²) in [6, 6.07) is 0. The zero-order chi connectivity index (χ0) is 18.0. The van der Waals surface area contributed by atoms with Gasteiger partial charge in [-0.15, -0.1) is 12.4 Å². The van der Waals surface area contributed by atoms with Gasteiger partial charge in [0.25, 0.3) is 10.2 Å². The highest BCUT2D eigenvalue weighted by Gasteiger charge is 2.38. The predicted octanol–water partition coefficient (Wildman–Crippen LogP) is -0.0940. The lowest BCUT2D eigenvalue weighted by Crippen LogP contribution is -2.58. The number of carbonyl (C=O) groups is 1. The number of ether oxygens (including phenoxy) is 1. The highest BCUT2D eigenvalue weighted by Crippen LogP contribution is 2.21. The third-order valence-electron chi connectivity index (χ3n) is 5.28. The number of piperidine rings is 1. The van der Waals surface area contributed by atoms with E-state index in [1.807, 2.05) is 18.7 Å². The minimum atomic E-state index is -3.49. The molecule has 0 bridgehead atoms. The SMILES string of the molecule is CC1CN(S(=O)(=O)N2CCN(C(=O)C3CCNCC3)CC2)CC(C)O1.Cl. The van der Waals surface area contributed by atoms with Crippen molar-refractivity contribution in [3.63, 3.8) is 0 Å². The van der Waals surface area contributed by atoms with Gasteiger partial charge in [0, 0.05) is 45.2 Å². The molecule has 10 heteroatoms. The van der Waals surface area contributed by atoms with Crippen LogP contribution in [-0.2, 0) is 19.7 Å². The minimum Gasteiger partial charge on any atom is -0.373 e. The van der Waals surface area contributed by atoms with Crippen LogP contribution in [0.5, 0.6) is 0 Å². The summed E-state index contributed by atoms with van der Waals surface area (Å²) in [6.07, 6.45) is 1.56. The number of carbonyl (C=O) groups excluding carboxylic acids is 1. The fraction of sp³-hybridized carbons (Fsp3) is 0.938. The van der Waals surface area contributed by atoms with Gasteiger partial charge in [-0.2, -0.15) is 17.0 Å². The first-order chi connectivity index (χ1) is 11.9. The van der Waals surface area contributed by atoms with Crippen LogP contribution in [0.4, 0.5) is 0 Å². The average molecular weight is 411 g/mol. The second kappa shape index (κ2) is 9.16.